The summed E-state index contributed by atoms with van der Waals surface area (Å²) in [7, 11) is 1.68. The second-order valence-electron chi connectivity index (χ2n) is 5.12. The van der Waals surface area contributed by atoms with Crippen LogP contribution in [-0.4, -0.2) is 13.7 Å². The zero-order valence-corrected chi connectivity index (χ0v) is 10.8. The number of methoxy groups -OCH3 is 1. The molecule has 1 atom stereocenters. The van der Waals surface area contributed by atoms with Crippen LogP contribution in [0.5, 0.6) is 5.75 Å². The summed E-state index contributed by atoms with van der Waals surface area (Å²) in [5.41, 5.74) is 1.48. The number of rotatable bonds is 4. The van der Waals surface area contributed by atoms with Gasteiger partial charge in [0, 0.05) is 11.6 Å². The average molecular weight is 240 g/mol. The third-order valence-electron chi connectivity index (χ3n) is 3.42. The minimum Gasteiger partial charge on any atom is -0.495 e. The van der Waals surface area contributed by atoms with Crippen molar-refractivity contribution in [1.82, 2.24) is 0 Å². The lowest BCUT2D eigenvalue weighted by molar-refractivity contribution is 0.416. The van der Waals surface area contributed by atoms with Crippen LogP contribution >= 0.6 is 11.6 Å². The fourth-order valence-electron chi connectivity index (χ4n) is 1.98. The van der Waals surface area contributed by atoms with E-state index in [2.05, 4.69) is 19.2 Å². The zero-order chi connectivity index (χ0) is 11.8. The van der Waals surface area contributed by atoms with E-state index < -0.39 is 0 Å². The van der Waals surface area contributed by atoms with Crippen molar-refractivity contribution in [2.24, 2.45) is 11.3 Å². The third kappa shape index (κ3) is 2.43. The maximum Gasteiger partial charge on any atom is 0.142 e. The predicted octanol–water partition coefficient (Wildman–Crippen LogP) is 3.81. The SMILES string of the molecule is COc1ccc(Cl)cc1NCC1CC1(C)C. The van der Waals surface area contributed by atoms with Gasteiger partial charge in [-0.15, -0.1) is 0 Å². The summed E-state index contributed by atoms with van der Waals surface area (Å²) in [6, 6.07) is 5.64. The molecule has 1 aromatic carbocycles. The van der Waals surface area contributed by atoms with Crippen LogP contribution in [0.15, 0.2) is 18.2 Å². The van der Waals surface area contributed by atoms with Gasteiger partial charge in [-0.1, -0.05) is 25.4 Å². The Kier molecular flexibility index (Phi) is 3.02. The molecule has 1 aromatic rings. The van der Waals surface area contributed by atoms with Gasteiger partial charge in [0.25, 0.3) is 0 Å². The first kappa shape index (κ1) is 11.6. The quantitative estimate of drug-likeness (QED) is 0.863. The largest absolute Gasteiger partial charge is 0.495 e. The second kappa shape index (κ2) is 4.17. The molecule has 1 fully saturated rings. The molecule has 0 spiro atoms. The first-order chi connectivity index (χ1) is 7.53. The standard InChI is InChI=1S/C13H18ClNO/c1-13(2)7-9(13)8-15-11-6-10(14)4-5-12(11)16-3/h4-6,9,15H,7-8H2,1-3H3. The average Bonchev–Trinajstić information content (AvgIpc) is 2.84. The zero-order valence-electron chi connectivity index (χ0n) is 10.0. The van der Waals surface area contributed by atoms with E-state index in [9.17, 15) is 0 Å². The molecule has 1 N–H and O–H groups in total. The van der Waals surface area contributed by atoms with Gasteiger partial charge < -0.3 is 10.1 Å². The lowest BCUT2D eigenvalue weighted by Gasteiger charge is -2.12. The lowest BCUT2D eigenvalue weighted by atomic mass is 10.1. The van der Waals surface area contributed by atoms with Gasteiger partial charge >= 0.3 is 0 Å². The van der Waals surface area contributed by atoms with E-state index in [-0.39, 0.29) is 0 Å². The Hall–Kier alpha value is -0.890. The van der Waals surface area contributed by atoms with E-state index in [4.69, 9.17) is 16.3 Å². The minimum absolute atomic E-state index is 0.499. The summed E-state index contributed by atoms with van der Waals surface area (Å²) < 4.78 is 5.28. The first-order valence-corrected chi connectivity index (χ1v) is 5.98. The van der Waals surface area contributed by atoms with E-state index in [1.165, 1.54) is 6.42 Å². The van der Waals surface area contributed by atoms with Crippen LogP contribution in [0.2, 0.25) is 5.02 Å². The molecule has 2 rings (SSSR count). The molecule has 88 valence electrons. The van der Waals surface area contributed by atoms with E-state index in [1.807, 2.05) is 18.2 Å². The predicted molar refractivity (Wildman–Crippen MR) is 68.4 cm³/mol. The molecule has 16 heavy (non-hydrogen) atoms. The summed E-state index contributed by atoms with van der Waals surface area (Å²) in [4.78, 5) is 0. The molecule has 0 radical (unpaired) electrons. The van der Waals surface area contributed by atoms with Crippen molar-refractivity contribution in [3.63, 3.8) is 0 Å². The Balaban J connectivity index is 2.00. The number of ether oxygens (including phenoxy) is 1. The van der Waals surface area contributed by atoms with E-state index in [0.717, 1.165) is 28.9 Å². The second-order valence-corrected chi connectivity index (χ2v) is 5.55. The highest BCUT2D eigenvalue weighted by molar-refractivity contribution is 6.30. The molecule has 1 saturated carbocycles. The number of anilines is 1. The van der Waals surface area contributed by atoms with Crippen LogP contribution in [0.1, 0.15) is 20.3 Å². The Labute approximate surface area is 102 Å². The van der Waals surface area contributed by atoms with Crippen LogP contribution in [0.3, 0.4) is 0 Å². The number of nitrogens with one attached hydrogen (secondary N) is 1. The normalized spacial score (nSPS) is 21.6. The Morgan fingerprint density at radius 2 is 2.19 bits per heavy atom. The van der Waals surface area contributed by atoms with Gasteiger partial charge in [-0.2, -0.15) is 0 Å². The molecule has 0 aromatic heterocycles. The third-order valence-corrected chi connectivity index (χ3v) is 3.65. The van der Waals surface area contributed by atoms with Gasteiger partial charge in [-0.25, -0.2) is 0 Å². The van der Waals surface area contributed by atoms with E-state index in [1.54, 1.807) is 7.11 Å². The minimum atomic E-state index is 0.499. The Morgan fingerprint density at radius 3 is 2.75 bits per heavy atom. The topological polar surface area (TPSA) is 21.3 Å². The summed E-state index contributed by atoms with van der Waals surface area (Å²) in [5, 5.41) is 4.15. The Morgan fingerprint density at radius 1 is 1.50 bits per heavy atom. The molecular weight excluding hydrogens is 222 g/mol. The highest BCUT2D eigenvalue weighted by Crippen LogP contribution is 2.51. The van der Waals surface area contributed by atoms with Crippen LogP contribution in [0.4, 0.5) is 5.69 Å². The summed E-state index contributed by atoms with van der Waals surface area (Å²) >= 11 is 5.97. The lowest BCUT2D eigenvalue weighted by Crippen LogP contribution is -2.08. The van der Waals surface area contributed by atoms with Crippen molar-refractivity contribution >= 4 is 17.3 Å². The first-order valence-electron chi connectivity index (χ1n) is 5.60. The van der Waals surface area contributed by atoms with Gasteiger partial charge in [0.1, 0.15) is 5.75 Å². The smallest absolute Gasteiger partial charge is 0.142 e. The number of hydrogen-bond acceptors (Lipinski definition) is 2. The molecule has 0 amide bonds. The summed E-state index contributed by atoms with van der Waals surface area (Å²) in [5.74, 6) is 1.61. The van der Waals surface area contributed by atoms with Gasteiger partial charge in [0.2, 0.25) is 0 Å². The number of benzene rings is 1. The molecule has 3 heteroatoms. The van der Waals surface area contributed by atoms with E-state index >= 15 is 0 Å². The molecule has 1 aliphatic rings. The van der Waals surface area contributed by atoms with Gasteiger partial charge in [0.15, 0.2) is 0 Å². The molecule has 0 aliphatic heterocycles. The summed E-state index contributed by atoms with van der Waals surface area (Å²) in [6.07, 6.45) is 1.29. The maximum atomic E-state index is 5.97. The molecular formula is C13H18ClNO. The summed E-state index contributed by atoms with van der Waals surface area (Å²) in [6.45, 7) is 5.59. The van der Waals surface area contributed by atoms with Crippen LogP contribution < -0.4 is 10.1 Å². The molecule has 2 nitrogen and oxygen atoms in total. The molecule has 1 aliphatic carbocycles. The van der Waals surface area contributed by atoms with Crippen LogP contribution in [0, 0.1) is 11.3 Å². The molecule has 1 unspecified atom stereocenters. The van der Waals surface area contributed by atoms with Crippen molar-refractivity contribution in [2.45, 2.75) is 20.3 Å². The highest BCUT2D eigenvalue weighted by Gasteiger charge is 2.44. The number of halogens is 1. The van der Waals surface area contributed by atoms with Crippen LogP contribution in [-0.2, 0) is 0 Å². The monoisotopic (exact) mass is 239 g/mol. The van der Waals surface area contributed by atoms with Crippen molar-refractivity contribution in [3.8, 4) is 5.75 Å². The molecule has 0 heterocycles. The van der Waals surface area contributed by atoms with Crippen LogP contribution in [0.25, 0.3) is 0 Å². The molecule has 0 saturated heterocycles. The van der Waals surface area contributed by atoms with Crippen molar-refractivity contribution < 1.29 is 4.74 Å². The Bertz CT molecular complexity index is 390. The number of hydrogen-bond donors (Lipinski definition) is 1. The fourth-order valence-corrected chi connectivity index (χ4v) is 2.15. The van der Waals surface area contributed by atoms with Crippen molar-refractivity contribution in [3.05, 3.63) is 23.2 Å². The maximum absolute atomic E-state index is 5.97. The van der Waals surface area contributed by atoms with Crippen molar-refractivity contribution in [1.29, 1.82) is 0 Å². The van der Waals surface area contributed by atoms with E-state index in [0.29, 0.717) is 5.41 Å². The molecule has 0 bridgehead atoms. The fraction of sp³-hybridized carbons (Fsp3) is 0.538. The van der Waals surface area contributed by atoms with Crippen molar-refractivity contribution in [2.75, 3.05) is 19.0 Å². The van der Waals surface area contributed by atoms with Gasteiger partial charge in [0.05, 0.1) is 12.8 Å². The van der Waals surface area contributed by atoms with Gasteiger partial charge in [-0.3, -0.25) is 0 Å². The van der Waals surface area contributed by atoms with Gasteiger partial charge in [-0.05, 0) is 36.0 Å². The highest BCUT2D eigenvalue weighted by atomic mass is 35.5.